The Morgan fingerprint density at radius 2 is 1.76 bits per heavy atom. The van der Waals surface area contributed by atoms with Crippen LogP contribution in [0.2, 0.25) is 0 Å². The largest absolute Gasteiger partial charge is 0.377 e. The summed E-state index contributed by atoms with van der Waals surface area (Å²) in [5, 5.41) is 3.56. The number of ether oxygens (including phenoxy) is 1. The van der Waals surface area contributed by atoms with E-state index in [4.69, 9.17) is 4.74 Å². The molecule has 2 atom stereocenters. The smallest absolute Gasteiger partial charge is 0.0725 e. The van der Waals surface area contributed by atoms with Crippen LogP contribution in [0.5, 0.6) is 0 Å². The fraction of sp³-hybridized carbons (Fsp3) is 1.00. The van der Waals surface area contributed by atoms with Crippen molar-refractivity contribution in [3.63, 3.8) is 0 Å². The molecule has 17 heavy (non-hydrogen) atoms. The second kappa shape index (κ2) is 11.0. The van der Waals surface area contributed by atoms with Crippen molar-refractivity contribution >= 4 is 0 Å². The second-order valence-corrected chi connectivity index (χ2v) is 5.31. The van der Waals surface area contributed by atoms with Crippen molar-refractivity contribution in [1.29, 1.82) is 0 Å². The molecule has 2 nitrogen and oxygen atoms in total. The minimum atomic E-state index is 0.391. The summed E-state index contributed by atoms with van der Waals surface area (Å²) in [5.74, 6) is 0.791. The molecule has 0 spiro atoms. The van der Waals surface area contributed by atoms with Crippen LogP contribution in [0.25, 0.3) is 0 Å². The third-order valence-corrected chi connectivity index (χ3v) is 3.17. The molecule has 0 radical (unpaired) electrons. The van der Waals surface area contributed by atoms with Crippen LogP contribution in [0.3, 0.4) is 0 Å². The number of rotatable bonds is 11. The van der Waals surface area contributed by atoms with Gasteiger partial charge in [0.15, 0.2) is 0 Å². The van der Waals surface area contributed by atoms with Gasteiger partial charge in [0, 0.05) is 12.6 Å². The molecule has 0 saturated heterocycles. The summed E-state index contributed by atoms with van der Waals surface area (Å²) in [6, 6.07) is 0.536. The van der Waals surface area contributed by atoms with E-state index in [9.17, 15) is 0 Å². The molecule has 2 unspecified atom stereocenters. The summed E-state index contributed by atoms with van der Waals surface area (Å²) in [7, 11) is 0. The van der Waals surface area contributed by atoms with Gasteiger partial charge in [0.05, 0.1) is 6.10 Å². The van der Waals surface area contributed by atoms with Crippen LogP contribution in [-0.4, -0.2) is 25.3 Å². The Labute approximate surface area is 109 Å². The molecule has 0 rings (SSSR count). The van der Waals surface area contributed by atoms with Crippen molar-refractivity contribution < 1.29 is 4.74 Å². The Morgan fingerprint density at radius 1 is 1.06 bits per heavy atom. The summed E-state index contributed by atoms with van der Waals surface area (Å²) in [5.41, 5.74) is 0. The topological polar surface area (TPSA) is 21.3 Å². The normalized spacial score (nSPS) is 15.2. The maximum atomic E-state index is 6.05. The first-order valence-corrected chi connectivity index (χ1v) is 7.50. The van der Waals surface area contributed by atoms with Crippen LogP contribution in [-0.2, 0) is 4.74 Å². The molecule has 0 aliphatic carbocycles. The molecule has 0 saturated carbocycles. The molecule has 104 valence electrons. The predicted octanol–water partition coefficient (Wildman–Crippen LogP) is 4.00. The zero-order valence-corrected chi connectivity index (χ0v) is 12.6. The lowest BCUT2D eigenvalue weighted by Crippen LogP contribution is -2.41. The van der Waals surface area contributed by atoms with E-state index in [1.54, 1.807) is 0 Å². The number of hydrogen-bond donors (Lipinski definition) is 1. The first-order chi connectivity index (χ1) is 8.15. The minimum absolute atomic E-state index is 0.391. The van der Waals surface area contributed by atoms with Crippen LogP contribution in [0, 0.1) is 5.92 Å². The summed E-state index contributed by atoms with van der Waals surface area (Å²) in [6.07, 6.45) is 6.41. The molecular weight excluding hydrogens is 210 g/mol. The van der Waals surface area contributed by atoms with Gasteiger partial charge in [0.1, 0.15) is 0 Å². The van der Waals surface area contributed by atoms with Crippen LogP contribution in [0.4, 0.5) is 0 Å². The highest BCUT2D eigenvalue weighted by Gasteiger charge is 2.18. The number of nitrogens with one attached hydrogen (secondary N) is 1. The van der Waals surface area contributed by atoms with Crippen LogP contribution in [0.15, 0.2) is 0 Å². The number of hydrogen-bond acceptors (Lipinski definition) is 2. The zero-order chi connectivity index (χ0) is 13.1. The molecule has 0 aromatic rings. The SMILES string of the molecule is CCCC(NCC)C(CC)OCCCC(C)C. The molecule has 0 aromatic carbocycles. The Bertz CT molecular complexity index is 153. The quantitative estimate of drug-likeness (QED) is 0.554. The van der Waals surface area contributed by atoms with Gasteiger partial charge in [-0.15, -0.1) is 0 Å². The second-order valence-electron chi connectivity index (χ2n) is 5.31. The van der Waals surface area contributed by atoms with E-state index in [0.717, 1.165) is 25.5 Å². The molecule has 0 amide bonds. The lowest BCUT2D eigenvalue weighted by atomic mass is 10.0. The van der Waals surface area contributed by atoms with E-state index in [1.807, 2.05) is 0 Å². The fourth-order valence-electron chi connectivity index (χ4n) is 2.24. The molecule has 0 heterocycles. The third kappa shape index (κ3) is 8.62. The van der Waals surface area contributed by atoms with Gasteiger partial charge < -0.3 is 10.1 Å². The standard InChI is InChI=1S/C15H33NO/c1-6-10-14(16-8-3)15(7-2)17-12-9-11-13(4)5/h13-16H,6-12H2,1-5H3. The highest BCUT2D eigenvalue weighted by Crippen LogP contribution is 2.12. The summed E-state index contributed by atoms with van der Waals surface area (Å²) in [4.78, 5) is 0. The van der Waals surface area contributed by atoms with Crippen LogP contribution < -0.4 is 5.32 Å². The summed E-state index contributed by atoms with van der Waals surface area (Å²) < 4.78 is 6.05. The van der Waals surface area contributed by atoms with Crippen LogP contribution in [0.1, 0.15) is 66.7 Å². The number of likely N-dealkylation sites (N-methyl/N-ethyl adjacent to an activating group) is 1. The van der Waals surface area contributed by atoms with Gasteiger partial charge in [-0.05, 0) is 38.1 Å². The molecule has 0 aliphatic rings. The van der Waals surface area contributed by atoms with E-state index in [-0.39, 0.29) is 0 Å². The lowest BCUT2D eigenvalue weighted by Gasteiger charge is -2.27. The zero-order valence-electron chi connectivity index (χ0n) is 12.6. The highest BCUT2D eigenvalue weighted by molar-refractivity contribution is 4.75. The minimum Gasteiger partial charge on any atom is -0.377 e. The molecule has 0 fully saturated rings. The summed E-state index contributed by atoms with van der Waals surface area (Å²) in [6.45, 7) is 13.2. The van der Waals surface area contributed by atoms with E-state index in [1.165, 1.54) is 25.7 Å². The maximum Gasteiger partial charge on any atom is 0.0725 e. The van der Waals surface area contributed by atoms with E-state index < -0.39 is 0 Å². The van der Waals surface area contributed by atoms with Crippen molar-refractivity contribution in [2.45, 2.75) is 78.9 Å². The van der Waals surface area contributed by atoms with Crippen LogP contribution >= 0.6 is 0 Å². The first-order valence-electron chi connectivity index (χ1n) is 7.50. The van der Waals surface area contributed by atoms with E-state index in [0.29, 0.717) is 12.1 Å². The monoisotopic (exact) mass is 243 g/mol. The average Bonchev–Trinajstić information content (AvgIpc) is 2.29. The van der Waals surface area contributed by atoms with E-state index >= 15 is 0 Å². The Kier molecular flexibility index (Phi) is 11.0. The molecular formula is C15H33NO. The van der Waals surface area contributed by atoms with Crippen molar-refractivity contribution in [3.05, 3.63) is 0 Å². The van der Waals surface area contributed by atoms with Gasteiger partial charge in [0.25, 0.3) is 0 Å². The molecule has 2 heteroatoms. The van der Waals surface area contributed by atoms with Crippen molar-refractivity contribution in [3.8, 4) is 0 Å². The molecule has 0 aromatic heterocycles. The Morgan fingerprint density at radius 3 is 2.24 bits per heavy atom. The summed E-state index contributed by atoms with van der Waals surface area (Å²) >= 11 is 0. The Hall–Kier alpha value is -0.0800. The molecule has 0 aliphatic heterocycles. The highest BCUT2D eigenvalue weighted by atomic mass is 16.5. The lowest BCUT2D eigenvalue weighted by molar-refractivity contribution is 0.0189. The van der Waals surface area contributed by atoms with Crippen molar-refractivity contribution in [1.82, 2.24) is 5.32 Å². The maximum absolute atomic E-state index is 6.05. The predicted molar refractivity (Wildman–Crippen MR) is 76.5 cm³/mol. The third-order valence-electron chi connectivity index (χ3n) is 3.17. The average molecular weight is 243 g/mol. The van der Waals surface area contributed by atoms with Gasteiger partial charge in [-0.25, -0.2) is 0 Å². The van der Waals surface area contributed by atoms with E-state index in [2.05, 4.69) is 39.9 Å². The van der Waals surface area contributed by atoms with Gasteiger partial charge in [-0.3, -0.25) is 0 Å². The van der Waals surface area contributed by atoms with Crippen molar-refractivity contribution in [2.24, 2.45) is 5.92 Å². The first kappa shape index (κ1) is 16.9. The van der Waals surface area contributed by atoms with Crippen molar-refractivity contribution in [2.75, 3.05) is 13.2 Å². The molecule has 0 bridgehead atoms. The molecule has 1 N–H and O–H groups in total. The Balaban J connectivity index is 3.91. The van der Waals surface area contributed by atoms with Gasteiger partial charge in [-0.2, -0.15) is 0 Å². The van der Waals surface area contributed by atoms with Gasteiger partial charge in [-0.1, -0.05) is 41.0 Å². The van der Waals surface area contributed by atoms with Gasteiger partial charge >= 0.3 is 0 Å². The van der Waals surface area contributed by atoms with Gasteiger partial charge in [0.2, 0.25) is 0 Å². The fourth-order valence-corrected chi connectivity index (χ4v) is 2.24.